The number of hydrogen-bond donors (Lipinski definition) is 0. The zero-order chi connectivity index (χ0) is 19.5. The summed E-state index contributed by atoms with van der Waals surface area (Å²) in [4.78, 5) is 17.5. The van der Waals surface area contributed by atoms with E-state index in [1.54, 1.807) is 17.4 Å². The number of benzene rings is 1. The lowest BCUT2D eigenvalue weighted by molar-refractivity contribution is -0.131. The van der Waals surface area contributed by atoms with Gasteiger partial charge in [0.05, 0.1) is 0 Å². The van der Waals surface area contributed by atoms with Crippen LogP contribution in [0.5, 0.6) is 11.5 Å². The van der Waals surface area contributed by atoms with Crippen molar-refractivity contribution in [1.29, 1.82) is 0 Å². The first-order valence-electron chi connectivity index (χ1n) is 9.73. The number of rotatable bonds is 4. The van der Waals surface area contributed by atoms with Gasteiger partial charge in [-0.15, -0.1) is 11.3 Å². The fraction of sp³-hybridized carbons (Fsp3) is 0.409. The molecule has 2 aromatic rings. The van der Waals surface area contributed by atoms with Crippen LogP contribution in [0.1, 0.15) is 29.3 Å². The summed E-state index contributed by atoms with van der Waals surface area (Å²) in [6, 6.07) is 7.75. The van der Waals surface area contributed by atoms with Crippen LogP contribution in [-0.4, -0.2) is 55.5 Å². The number of fused-ring (bicyclic) bond motifs is 2. The van der Waals surface area contributed by atoms with Crippen LogP contribution in [-0.2, 0) is 11.4 Å². The molecule has 2 aliphatic rings. The molecule has 148 valence electrons. The number of esters is 1. The molecule has 0 unspecified atom stereocenters. The summed E-state index contributed by atoms with van der Waals surface area (Å²) in [6.07, 6.45) is 3.30. The third kappa shape index (κ3) is 4.29. The molecule has 0 saturated carbocycles. The molecule has 0 atom stereocenters. The molecular weight excluding hydrogens is 372 g/mol. The van der Waals surface area contributed by atoms with Crippen LogP contribution in [0.3, 0.4) is 0 Å². The molecule has 0 radical (unpaired) electrons. The maximum Gasteiger partial charge on any atom is 0.308 e. The monoisotopic (exact) mass is 398 g/mol. The molecule has 2 aliphatic heterocycles. The van der Waals surface area contributed by atoms with E-state index >= 15 is 0 Å². The van der Waals surface area contributed by atoms with Gasteiger partial charge in [-0.25, -0.2) is 0 Å². The minimum atomic E-state index is -0.313. The van der Waals surface area contributed by atoms with Gasteiger partial charge in [0, 0.05) is 55.7 Å². The Bertz CT molecular complexity index is 882. The molecule has 1 saturated heterocycles. The summed E-state index contributed by atoms with van der Waals surface area (Å²) in [5.41, 5.74) is 3.39. The molecule has 0 N–H and O–H groups in total. The largest absolute Gasteiger partial charge is 0.488 e. The summed E-state index contributed by atoms with van der Waals surface area (Å²) in [5, 5.41) is 2.11. The Morgan fingerprint density at radius 1 is 1.25 bits per heavy atom. The topological polar surface area (TPSA) is 42.0 Å². The van der Waals surface area contributed by atoms with E-state index in [1.165, 1.54) is 22.9 Å². The number of nitrogens with zero attached hydrogens (tertiary/aromatic N) is 2. The highest BCUT2D eigenvalue weighted by molar-refractivity contribution is 7.11. The van der Waals surface area contributed by atoms with Gasteiger partial charge in [0.15, 0.2) is 0 Å². The molecule has 0 aliphatic carbocycles. The van der Waals surface area contributed by atoms with Crippen LogP contribution in [0.15, 0.2) is 35.7 Å². The number of carbonyl (C=O) groups is 1. The van der Waals surface area contributed by atoms with Crippen LogP contribution < -0.4 is 9.47 Å². The molecule has 1 fully saturated rings. The van der Waals surface area contributed by atoms with E-state index in [0.29, 0.717) is 12.4 Å². The molecular formula is C22H26N2O3S. The third-order valence-corrected chi connectivity index (χ3v) is 6.26. The van der Waals surface area contributed by atoms with E-state index in [4.69, 9.17) is 9.47 Å². The summed E-state index contributed by atoms with van der Waals surface area (Å²) >= 11 is 1.74. The highest BCUT2D eigenvalue weighted by atomic mass is 32.1. The summed E-state index contributed by atoms with van der Waals surface area (Å²) in [5.74, 6) is 1.08. The van der Waals surface area contributed by atoms with Crippen LogP contribution in [0.4, 0.5) is 0 Å². The van der Waals surface area contributed by atoms with Crippen molar-refractivity contribution in [1.82, 2.24) is 9.80 Å². The average molecular weight is 399 g/mol. The lowest BCUT2D eigenvalue weighted by Crippen LogP contribution is -2.44. The predicted molar refractivity (Wildman–Crippen MR) is 112 cm³/mol. The zero-order valence-electron chi connectivity index (χ0n) is 16.4. The molecule has 0 bridgehead atoms. The number of thiophene rings is 1. The van der Waals surface area contributed by atoms with E-state index in [-0.39, 0.29) is 5.97 Å². The highest BCUT2D eigenvalue weighted by Gasteiger charge is 2.21. The first-order chi connectivity index (χ1) is 13.6. The van der Waals surface area contributed by atoms with Crippen molar-refractivity contribution in [2.75, 3.05) is 39.8 Å². The molecule has 4 rings (SSSR count). The van der Waals surface area contributed by atoms with Crippen LogP contribution in [0, 0.1) is 0 Å². The second-order valence-corrected chi connectivity index (χ2v) is 8.28. The Hall–Kier alpha value is -2.15. The van der Waals surface area contributed by atoms with Gasteiger partial charge in [-0.2, -0.15) is 0 Å². The summed E-state index contributed by atoms with van der Waals surface area (Å²) in [6.45, 7) is 7.56. The Labute approximate surface area is 170 Å². The maximum absolute atomic E-state index is 11.4. The highest BCUT2D eigenvalue weighted by Crippen LogP contribution is 2.41. The average Bonchev–Trinajstić information content (AvgIpc) is 3.08. The van der Waals surface area contributed by atoms with Crippen molar-refractivity contribution in [3.63, 3.8) is 0 Å². The fourth-order valence-corrected chi connectivity index (χ4v) is 4.67. The third-order valence-electron chi connectivity index (χ3n) is 5.27. The molecule has 0 spiro atoms. The molecule has 1 aromatic heterocycles. The van der Waals surface area contributed by atoms with E-state index in [9.17, 15) is 4.79 Å². The van der Waals surface area contributed by atoms with E-state index in [2.05, 4.69) is 34.4 Å². The van der Waals surface area contributed by atoms with Gasteiger partial charge in [0.25, 0.3) is 0 Å². The number of ether oxygens (including phenoxy) is 2. The summed E-state index contributed by atoms with van der Waals surface area (Å²) in [7, 11) is 2.18. The van der Waals surface area contributed by atoms with Gasteiger partial charge in [-0.1, -0.05) is 6.08 Å². The Morgan fingerprint density at radius 3 is 2.86 bits per heavy atom. The molecule has 3 heterocycles. The van der Waals surface area contributed by atoms with Gasteiger partial charge in [-0.05, 0) is 48.7 Å². The summed E-state index contributed by atoms with van der Waals surface area (Å²) < 4.78 is 11.4. The lowest BCUT2D eigenvalue weighted by atomic mass is 10.00. The molecule has 5 nitrogen and oxygen atoms in total. The lowest BCUT2D eigenvalue weighted by Gasteiger charge is -2.32. The number of hydrogen-bond acceptors (Lipinski definition) is 6. The maximum atomic E-state index is 11.4. The Balaban J connectivity index is 1.61. The van der Waals surface area contributed by atoms with Gasteiger partial charge < -0.3 is 19.3 Å². The number of likely N-dealkylation sites (N-methyl/N-ethyl adjacent to an activating group) is 1. The van der Waals surface area contributed by atoms with Crippen molar-refractivity contribution in [3.05, 3.63) is 51.7 Å². The minimum absolute atomic E-state index is 0.313. The van der Waals surface area contributed by atoms with Gasteiger partial charge in [0.1, 0.15) is 18.1 Å². The quantitative estimate of drug-likeness (QED) is 0.581. The smallest absolute Gasteiger partial charge is 0.308 e. The fourth-order valence-electron chi connectivity index (χ4n) is 3.70. The van der Waals surface area contributed by atoms with Crippen molar-refractivity contribution < 1.29 is 14.3 Å². The standard InChI is InChI=1S/C22H26N2O3S/c1-16(25)27-18-5-6-21-20(14-18)19(22-17(15-26-21)7-13-28-22)4-3-8-24-11-9-23(2)10-12-24/h4-7,13-14H,3,8-12,15H2,1-2H3/b19-4+. The SMILES string of the molecule is CC(=O)Oc1ccc2c(c1)/C(=C\CCN1CCN(C)CC1)c1sccc1CO2. The predicted octanol–water partition coefficient (Wildman–Crippen LogP) is 3.64. The van der Waals surface area contributed by atoms with Gasteiger partial charge in [-0.3, -0.25) is 4.79 Å². The van der Waals surface area contributed by atoms with Crippen molar-refractivity contribution in [2.24, 2.45) is 0 Å². The number of piperazine rings is 1. The van der Waals surface area contributed by atoms with Gasteiger partial charge in [0.2, 0.25) is 0 Å². The number of carbonyl (C=O) groups excluding carboxylic acids is 1. The first kappa shape index (κ1) is 19.2. The molecule has 1 aromatic carbocycles. The van der Waals surface area contributed by atoms with E-state index in [0.717, 1.165) is 50.5 Å². The van der Waals surface area contributed by atoms with Crippen LogP contribution >= 0.6 is 11.3 Å². The normalized spacial score (nSPS) is 18.9. The minimum Gasteiger partial charge on any atom is -0.488 e. The van der Waals surface area contributed by atoms with Gasteiger partial charge >= 0.3 is 5.97 Å². The second kappa shape index (κ2) is 8.47. The van der Waals surface area contributed by atoms with Crippen LogP contribution in [0.25, 0.3) is 5.57 Å². The van der Waals surface area contributed by atoms with Crippen molar-refractivity contribution >= 4 is 22.9 Å². The van der Waals surface area contributed by atoms with Crippen molar-refractivity contribution in [2.45, 2.75) is 20.0 Å². The molecule has 6 heteroatoms. The Kier molecular flexibility index (Phi) is 5.80. The Morgan fingerprint density at radius 2 is 2.07 bits per heavy atom. The van der Waals surface area contributed by atoms with Crippen molar-refractivity contribution in [3.8, 4) is 11.5 Å². The van der Waals surface area contributed by atoms with Crippen LogP contribution in [0.2, 0.25) is 0 Å². The molecule has 0 amide bonds. The second-order valence-electron chi connectivity index (χ2n) is 7.37. The molecule has 28 heavy (non-hydrogen) atoms. The van der Waals surface area contributed by atoms with E-state index < -0.39 is 0 Å². The zero-order valence-corrected chi connectivity index (χ0v) is 17.3. The first-order valence-corrected chi connectivity index (χ1v) is 10.6. The van der Waals surface area contributed by atoms with E-state index in [1.807, 2.05) is 12.1 Å².